The van der Waals surface area contributed by atoms with Gasteiger partial charge < -0.3 is 20.3 Å². The number of hydrogen-bond acceptors (Lipinski definition) is 3. The number of nitrogens with zero attached hydrogens (tertiary/aromatic N) is 1. The van der Waals surface area contributed by atoms with Crippen LogP contribution >= 0.6 is 0 Å². The molecule has 0 bridgehead atoms. The number of rotatable bonds is 9. The summed E-state index contributed by atoms with van der Waals surface area (Å²) in [6, 6.07) is 13.8. The Morgan fingerprint density at radius 1 is 1.11 bits per heavy atom. The van der Waals surface area contributed by atoms with Crippen LogP contribution in [-0.4, -0.2) is 38.2 Å². The van der Waals surface area contributed by atoms with Crippen molar-refractivity contribution >= 4 is 6.03 Å². The lowest BCUT2D eigenvalue weighted by molar-refractivity contribution is 0.232. The average Bonchev–Trinajstić information content (AvgIpc) is 2.65. The van der Waals surface area contributed by atoms with Crippen molar-refractivity contribution in [2.45, 2.75) is 26.4 Å². The van der Waals surface area contributed by atoms with E-state index in [0.29, 0.717) is 25.6 Å². The van der Waals surface area contributed by atoms with E-state index in [0.717, 1.165) is 16.9 Å². The Morgan fingerprint density at radius 3 is 2.43 bits per heavy atom. The Bertz CT molecular complexity index is 748. The van der Waals surface area contributed by atoms with Gasteiger partial charge in [-0.1, -0.05) is 38.1 Å². The molecular weight excluding hydrogens is 357 g/mol. The molecular formula is C22H30FN3O2. The second kappa shape index (κ2) is 10.7. The lowest BCUT2D eigenvalue weighted by Crippen LogP contribution is -2.40. The minimum atomic E-state index is -0.283. The summed E-state index contributed by atoms with van der Waals surface area (Å²) in [6.07, 6.45) is 0. The Balaban J connectivity index is 1.81. The lowest BCUT2D eigenvalue weighted by Gasteiger charge is -2.25. The fraction of sp³-hybridized carbons (Fsp3) is 0.409. The summed E-state index contributed by atoms with van der Waals surface area (Å²) >= 11 is 0. The van der Waals surface area contributed by atoms with Gasteiger partial charge in [0.2, 0.25) is 0 Å². The van der Waals surface area contributed by atoms with Gasteiger partial charge in [-0.15, -0.1) is 0 Å². The van der Waals surface area contributed by atoms with Gasteiger partial charge in [-0.2, -0.15) is 0 Å². The maximum atomic E-state index is 13.5. The second-order valence-corrected chi connectivity index (χ2v) is 7.45. The summed E-state index contributed by atoms with van der Waals surface area (Å²) in [5.74, 6) is 1.02. The molecule has 0 radical (unpaired) electrons. The van der Waals surface area contributed by atoms with Crippen LogP contribution in [-0.2, 0) is 6.54 Å². The fourth-order valence-electron chi connectivity index (χ4n) is 2.71. The number of nitrogens with one attached hydrogen (secondary N) is 2. The minimum absolute atomic E-state index is 0.112. The minimum Gasteiger partial charge on any atom is -0.493 e. The van der Waals surface area contributed by atoms with Crippen molar-refractivity contribution in [3.63, 3.8) is 0 Å². The van der Waals surface area contributed by atoms with Gasteiger partial charge in [-0.25, -0.2) is 9.18 Å². The van der Waals surface area contributed by atoms with Gasteiger partial charge in [-0.05, 0) is 55.4 Å². The van der Waals surface area contributed by atoms with E-state index in [1.807, 2.05) is 49.3 Å². The number of hydrogen-bond donors (Lipinski definition) is 2. The topological polar surface area (TPSA) is 53.6 Å². The van der Waals surface area contributed by atoms with Gasteiger partial charge >= 0.3 is 6.03 Å². The van der Waals surface area contributed by atoms with Crippen molar-refractivity contribution < 1.29 is 13.9 Å². The molecule has 1 unspecified atom stereocenters. The van der Waals surface area contributed by atoms with Gasteiger partial charge in [0, 0.05) is 13.1 Å². The number of ether oxygens (including phenoxy) is 1. The molecule has 1 atom stereocenters. The third-order valence-corrected chi connectivity index (χ3v) is 4.27. The standard InChI is InChI=1S/C22H30FN3O2/c1-16(2)15-28-20-10-8-17(9-11-20)13-24-22(27)25-14-21(26(3)4)18-6-5-7-19(23)12-18/h5-12,16,21H,13-15H2,1-4H3,(H2,24,25,27). The van der Waals surface area contributed by atoms with E-state index in [1.54, 1.807) is 6.07 Å². The van der Waals surface area contributed by atoms with Crippen LogP contribution in [0, 0.1) is 11.7 Å². The van der Waals surface area contributed by atoms with Crippen molar-refractivity contribution in [2.75, 3.05) is 27.2 Å². The number of benzene rings is 2. The first-order valence-electron chi connectivity index (χ1n) is 9.50. The SMILES string of the molecule is CC(C)COc1ccc(CNC(=O)NCC(c2cccc(F)c2)N(C)C)cc1. The largest absolute Gasteiger partial charge is 0.493 e. The summed E-state index contributed by atoms with van der Waals surface area (Å²) in [6.45, 7) is 5.68. The Morgan fingerprint density at radius 2 is 1.82 bits per heavy atom. The zero-order chi connectivity index (χ0) is 20.5. The summed E-state index contributed by atoms with van der Waals surface area (Å²) in [5.41, 5.74) is 1.81. The van der Waals surface area contributed by atoms with Crippen LogP contribution in [0.2, 0.25) is 0 Å². The van der Waals surface area contributed by atoms with E-state index in [-0.39, 0.29) is 17.9 Å². The molecule has 2 aromatic rings. The molecule has 6 heteroatoms. The molecule has 2 rings (SSSR count). The van der Waals surface area contributed by atoms with Crippen LogP contribution < -0.4 is 15.4 Å². The van der Waals surface area contributed by atoms with E-state index >= 15 is 0 Å². The van der Waals surface area contributed by atoms with Gasteiger partial charge in [0.15, 0.2) is 0 Å². The number of carbonyl (C=O) groups excluding carboxylic acids is 1. The molecule has 28 heavy (non-hydrogen) atoms. The van der Waals surface area contributed by atoms with Crippen molar-refractivity contribution in [1.29, 1.82) is 0 Å². The predicted molar refractivity (Wildman–Crippen MR) is 110 cm³/mol. The Hall–Kier alpha value is -2.60. The fourth-order valence-corrected chi connectivity index (χ4v) is 2.71. The molecule has 0 fully saturated rings. The summed E-state index contributed by atoms with van der Waals surface area (Å²) in [7, 11) is 3.80. The number of amides is 2. The third kappa shape index (κ3) is 7.19. The summed E-state index contributed by atoms with van der Waals surface area (Å²) < 4.78 is 19.1. The maximum Gasteiger partial charge on any atom is 0.315 e. The first-order valence-corrected chi connectivity index (χ1v) is 9.50. The van der Waals surface area contributed by atoms with E-state index in [9.17, 15) is 9.18 Å². The smallest absolute Gasteiger partial charge is 0.315 e. The molecule has 0 saturated carbocycles. The predicted octanol–water partition coefficient (Wildman–Crippen LogP) is 3.96. The number of carbonyl (C=O) groups is 1. The van der Waals surface area contributed by atoms with Crippen molar-refractivity contribution in [3.8, 4) is 5.75 Å². The summed E-state index contributed by atoms with van der Waals surface area (Å²) in [4.78, 5) is 14.1. The molecule has 0 aliphatic rings. The van der Waals surface area contributed by atoms with E-state index in [2.05, 4.69) is 24.5 Å². The quantitative estimate of drug-likeness (QED) is 0.685. The van der Waals surface area contributed by atoms with E-state index < -0.39 is 0 Å². The van der Waals surface area contributed by atoms with Crippen molar-refractivity contribution in [2.24, 2.45) is 5.92 Å². The van der Waals surface area contributed by atoms with Gasteiger partial charge in [0.05, 0.1) is 12.6 Å². The highest BCUT2D eigenvalue weighted by Gasteiger charge is 2.15. The molecule has 5 nitrogen and oxygen atoms in total. The second-order valence-electron chi connectivity index (χ2n) is 7.45. The van der Waals surface area contributed by atoms with Crippen LogP contribution in [0.5, 0.6) is 5.75 Å². The van der Waals surface area contributed by atoms with E-state index in [4.69, 9.17) is 4.74 Å². The van der Waals surface area contributed by atoms with Crippen LogP contribution in [0.15, 0.2) is 48.5 Å². The molecule has 2 amide bonds. The lowest BCUT2D eigenvalue weighted by atomic mass is 10.1. The zero-order valence-corrected chi connectivity index (χ0v) is 17.0. The normalized spacial score (nSPS) is 12.1. The molecule has 0 heterocycles. The Labute approximate surface area is 166 Å². The van der Waals surface area contributed by atoms with Gasteiger partial charge in [0.1, 0.15) is 11.6 Å². The van der Waals surface area contributed by atoms with Crippen LogP contribution in [0.1, 0.15) is 31.0 Å². The van der Waals surface area contributed by atoms with Crippen molar-refractivity contribution in [1.82, 2.24) is 15.5 Å². The van der Waals surface area contributed by atoms with E-state index in [1.165, 1.54) is 12.1 Å². The first-order chi connectivity index (χ1) is 13.3. The first kappa shape index (κ1) is 21.7. The highest BCUT2D eigenvalue weighted by molar-refractivity contribution is 5.73. The molecule has 0 spiro atoms. The average molecular weight is 387 g/mol. The zero-order valence-electron chi connectivity index (χ0n) is 17.0. The highest BCUT2D eigenvalue weighted by atomic mass is 19.1. The number of likely N-dealkylation sites (N-methyl/N-ethyl adjacent to an activating group) is 1. The maximum absolute atomic E-state index is 13.5. The molecule has 0 aromatic heterocycles. The van der Waals surface area contributed by atoms with Crippen LogP contribution in [0.25, 0.3) is 0 Å². The Kier molecular flexibility index (Phi) is 8.26. The molecule has 0 saturated heterocycles. The van der Waals surface area contributed by atoms with Gasteiger partial charge in [0.25, 0.3) is 0 Å². The molecule has 0 aliphatic heterocycles. The molecule has 152 valence electrons. The number of urea groups is 1. The van der Waals surface area contributed by atoms with Crippen LogP contribution in [0.4, 0.5) is 9.18 Å². The third-order valence-electron chi connectivity index (χ3n) is 4.27. The highest BCUT2D eigenvalue weighted by Crippen LogP contribution is 2.18. The number of halogens is 1. The molecule has 0 aliphatic carbocycles. The summed E-state index contributed by atoms with van der Waals surface area (Å²) in [5, 5.41) is 5.70. The molecule has 2 aromatic carbocycles. The monoisotopic (exact) mass is 387 g/mol. The van der Waals surface area contributed by atoms with Crippen molar-refractivity contribution in [3.05, 3.63) is 65.5 Å². The molecule has 2 N–H and O–H groups in total. The van der Waals surface area contributed by atoms with Crippen LogP contribution in [0.3, 0.4) is 0 Å². The van der Waals surface area contributed by atoms with Gasteiger partial charge in [-0.3, -0.25) is 0 Å².